The zero-order valence-electron chi connectivity index (χ0n) is 21.9. The maximum Gasteiger partial charge on any atom is 0.275 e. The molecule has 32 heavy (non-hydrogen) atoms. The van der Waals surface area contributed by atoms with E-state index in [0.29, 0.717) is 10.7 Å². The third kappa shape index (κ3) is 7.72. The number of hydrogen-bond acceptors (Lipinski definition) is 5. The Morgan fingerprint density at radius 2 is 1.66 bits per heavy atom. The Labute approximate surface area is 201 Å². The molecular weight excluding hydrogens is 424 g/mol. The molecule has 7 nitrogen and oxygen atoms in total. The van der Waals surface area contributed by atoms with E-state index in [1.807, 2.05) is 39.4 Å². The SMILES string of the molecule is CC.CC.CC(C)N1CC2CCC(C1)N2.CN1CCCn2nc(C(=O)N(C)C)c(Cl)c2C1. The van der Waals surface area contributed by atoms with Crippen molar-refractivity contribution in [3.8, 4) is 0 Å². The van der Waals surface area contributed by atoms with Crippen molar-refractivity contribution in [1.82, 2.24) is 29.8 Å². The average Bonchev–Trinajstić information content (AvgIpc) is 3.20. The molecule has 1 aromatic rings. The van der Waals surface area contributed by atoms with E-state index in [0.717, 1.165) is 49.9 Å². The summed E-state index contributed by atoms with van der Waals surface area (Å²) >= 11 is 6.26. The molecule has 3 aliphatic heterocycles. The second-order valence-corrected chi connectivity index (χ2v) is 9.19. The predicted octanol–water partition coefficient (Wildman–Crippen LogP) is 3.96. The van der Waals surface area contributed by atoms with Crippen molar-refractivity contribution in [1.29, 1.82) is 0 Å². The van der Waals surface area contributed by atoms with Crippen LogP contribution in [-0.4, -0.2) is 89.3 Å². The van der Waals surface area contributed by atoms with Gasteiger partial charge in [0.1, 0.15) is 0 Å². The molecule has 186 valence electrons. The lowest BCUT2D eigenvalue weighted by molar-refractivity contribution is 0.0821. The molecule has 0 aliphatic carbocycles. The number of rotatable bonds is 2. The third-order valence-corrected chi connectivity index (χ3v) is 6.30. The molecule has 0 radical (unpaired) electrons. The van der Waals surface area contributed by atoms with E-state index in [4.69, 9.17) is 11.6 Å². The van der Waals surface area contributed by atoms with Gasteiger partial charge in [0.05, 0.1) is 10.7 Å². The van der Waals surface area contributed by atoms with Crippen LogP contribution in [0, 0.1) is 0 Å². The van der Waals surface area contributed by atoms with Crippen LogP contribution < -0.4 is 5.32 Å². The van der Waals surface area contributed by atoms with Crippen LogP contribution in [0.15, 0.2) is 0 Å². The molecule has 2 bridgehead atoms. The molecule has 4 heterocycles. The van der Waals surface area contributed by atoms with Gasteiger partial charge in [0.2, 0.25) is 0 Å². The Kier molecular flexibility index (Phi) is 12.8. The fourth-order valence-corrected chi connectivity index (χ4v) is 4.51. The molecule has 4 rings (SSSR count). The van der Waals surface area contributed by atoms with Crippen molar-refractivity contribution < 1.29 is 4.79 Å². The number of carbonyl (C=O) groups excluding carboxylic acids is 1. The highest BCUT2D eigenvalue weighted by Crippen LogP contribution is 2.25. The third-order valence-electron chi connectivity index (χ3n) is 5.91. The first-order valence-corrected chi connectivity index (χ1v) is 12.8. The maximum absolute atomic E-state index is 11.9. The summed E-state index contributed by atoms with van der Waals surface area (Å²) < 4.78 is 1.86. The van der Waals surface area contributed by atoms with Gasteiger partial charge in [0, 0.05) is 64.9 Å². The summed E-state index contributed by atoms with van der Waals surface area (Å²) in [5.74, 6) is -0.141. The molecule has 1 N–H and O–H groups in total. The Balaban J connectivity index is 0.000000294. The van der Waals surface area contributed by atoms with Crippen molar-refractivity contribution in [2.24, 2.45) is 0 Å². The van der Waals surface area contributed by atoms with Crippen LogP contribution in [-0.2, 0) is 13.1 Å². The largest absolute Gasteiger partial charge is 0.343 e. The maximum atomic E-state index is 11.9. The minimum Gasteiger partial charge on any atom is -0.343 e. The van der Waals surface area contributed by atoms with E-state index >= 15 is 0 Å². The topological polar surface area (TPSA) is 56.6 Å². The standard InChI is InChI=1S/C11H17ClN4O.C9H18N2.2C2H6/c1-14(2)11(17)10-9(12)8-7-15(3)5-4-6-16(8)13-10;1-7(2)11-5-8-3-4-9(6-11)10-8;2*1-2/h4-7H2,1-3H3;7-10H,3-6H2,1-2H3;2*1-2H3. The zero-order chi connectivity index (χ0) is 24.4. The normalized spacial score (nSPS) is 22.3. The highest BCUT2D eigenvalue weighted by Gasteiger charge is 2.32. The number of aryl methyl sites for hydroxylation is 1. The number of nitrogens with one attached hydrogen (secondary N) is 1. The minimum absolute atomic E-state index is 0.141. The van der Waals surface area contributed by atoms with Gasteiger partial charge < -0.3 is 15.1 Å². The van der Waals surface area contributed by atoms with Gasteiger partial charge in [0.15, 0.2) is 5.69 Å². The monoisotopic (exact) mass is 470 g/mol. The molecule has 2 unspecified atom stereocenters. The lowest BCUT2D eigenvalue weighted by atomic mass is 10.2. The molecule has 1 aromatic heterocycles. The van der Waals surface area contributed by atoms with Crippen LogP contribution in [0.1, 0.15) is 77.0 Å². The van der Waals surface area contributed by atoms with Crippen LogP contribution in [0.2, 0.25) is 5.02 Å². The number of aromatic nitrogens is 2. The number of fused-ring (bicyclic) bond motifs is 3. The molecule has 0 aromatic carbocycles. The average molecular weight is 471 g/mol. The second-order valence-electron chi connectivity index (χ2n) is 8.81. The highest BCUT2D eigenvalue weighted by atomic mass is 35.5. The van der Waals surface area contributed by atoms with Gasteiger partial charge >= 0.3 is 0 Å². The van der Waals surface area contributed by atoms with Crippen LogP contribution in [0.4, 0.5) is 0 Å². The Morgan fingerprint density at radius 1 is 1.09 bits per heavy atom. The van der Waals surface area contributed by atoms with Gasteiger partial charge in [-0.2, -0.15) is 5.10 Å². The summed E-state index contributed by atoms with van der Waals surface area (Å²) in [6.45, 7) is 17.7. The molecule has 2 saturated heterocycles. The van der Waals surface area contributed by atoms with Crippen molar-refractivity contribution in [3.05, 3.63) is 16.4 Å². The first-order valence-electron chi connectivity index (χ1n) is 12.4. The lowest BCUT2D eigenvalue weighted by Gasteiger charge is -2.35. The number of halogens is 1. The fraction of sp³-hybridized carbons (Fsp3) is 0.833. The Hall–Kier alpha value is -1.15. The minimum atomic E-state index is -0.141. The van der Waals surface area contributed by atoms with Crippen LogP contribution >= 0.6 is 11.6 Å². The summed E-state index contributed by atoms with van der Waals surface area (Å²) in [5.41, 5.74) is 1.30. The summed E-state index contributed by atoms with van der Waals surface area (Å²) in [6, 6.07) is 2.34. The molecule has 0 spiro atoms. The summed E-state index contributed by atoms with van der Waals surface area (Å²) in [7, 11) is 5.46. The quantitative estimate of drug-likeness (QED) is 0.709. The molecular formula is C24H47ClN6O. The van der Waals surface area contributed by atoms with Gasteiger partial charge in [-0.05, 0) is 40.2 Å². The highest BCUT2D eigenvalue weighted by molar-refractivity contribution is 6.34. The van der Waals surface area contributed by atoms with Crippen molar-refractivity contribution >= 4 is 17.5 Å². The number of amides is 1. The van der Waals surface area contributed by atoms with Crippen molar-refractivity contribution in [2.45, 2.75) is 92.0 Å². The summed E-state index contributed by atoms with van der Waals surface area (Å²) in [6.07, 6.45) is 3.82. The van der Waals surface area contributed by atoms with E-state index in [1.165, 1.54) is 30.8 Å². The van der Waals surface area contributed by atoms with Gasteiger partial charge in [0.25, 0.3) is 5.91 Å². The van der Waals surface area contributed by atoms with E-state index in [9.17, 15) is 4.79 Å². The first kappa shape index (κ1) is 28.9. The number of hydrogen-bond donors (Lipinski definition) is 1. The summed E-state index contributed by atoms with van der Waals surface area (Å²) in [4.78, 5) is 18.2. The number of likely N-dealkylation sites (tertiary alicyclic amines) is 1. The van der Waals surface area contributed by atoms with E-state index in [2.05, 4.69) is 34.1 Å². The Morgan fingerprint density at radius 3 is 2.16 bits per heavy atom. The van der Waals surface area contributed by atoms with Crippen molar-refractivity contribution in [3.63, 3.8) is 0 Å². The van der Waals surface area contributed by atoms with E-state index in [1.54, 1.807) is 14.1 Å². The van der Waals surface area contributed by atoms with E-state index < -0.39 is 0 Å². The smallest absolute Gasteiger partial charge is 0.275 e. The van der Waals surface area contributed by atoms with Gasteiger partial charge in [-0.3, -0.25) is 14.4 Å². The molecule has 2 atom stereocenters. The van der Waals surface area contributed by atoms with Crippen LogP contribution in [0.25, 0.3) is 0 Å². The molecule has 8 heteroatoms. The number of piperazine rings is 1. The Bertz CT molecular complexity index is 678. The summed E-state index contributed by atoms with van der Waals surface area (Å²) in [5, 5.41) is 8.46. The van der Waals surface area contributed by atoms with Crippen LogP contribution in [0.5, 0.6) is 0 Å². The first-order chi connectivity index (χ1) is 15.3. The van der Waals surface area contributed by atoms with Gasteiger partial charge in [-0.15, -0.1) is 0 Å². The zero-order valence-corrected chi connectivity index (χ0v) is 22.7. The predicted molar refractivity (Wildman–Crippen MR) is 136 cm³/mol. The second kappa shape index (κ2) is 14.2. The fourth-order valence-electron chi connectivity index (χ4n) is 4.24. The number of nitrogens with zero attached hydrogens (tertiary/aromatic N) is 5. The van der Waals surface area contributed by atoms with Gasteiger partial charge in [-0.25, -0.2) is 0 Å². The van der Waals surface area contributed by atoms with Crippen molar-refractivity contribution in [2.75, 3.05) is 40.8 Å². The van der Waals surface area contributed by atoms with Gasteiger partial charge in [-0.1, -0.05) is 39.3 Å². The molecule has 2 fully saturated rings. The van der Waals surface area contributed by atoms with Crippen LogP contribution in [0.3, 0.4) is 0 Å². The lowest BCUT2D eigenvalue weighted by Crippen LogP contribution is -2.53. The van der Waals surface area contributed by atoms with E-state index in [-0.39, 0.29) is 5.91 Å². The molecule has 1 amide bonds. The number of carbonyl (C=O) groups is 1. The molecule has 0 saturated carbocycles. The molecule has 3 aliphatic rings.